The minimum atomic E-state index is -0.515. The van der Waals surface area contributed by atoms with Crippen molar-refractivity contribution in [3.05, 3.63) is 58.4 Å². The van der Waals surface area contributed by atoms with Gasteiger partial charge in [-0.3, -0.25) is 4.99 Å². The van der Waals surface area contributed by atoms with Crippen molar-refractivity contribution >= 4 is 18.4 Å². The fourth-order valence-electron chi connectivity index (χ4n) is 2.26. The summed E-state index contributed by atoms with van der Waals surface area (Å²) in [5, 5.41) is 9.32. The maximum absolute atomic E-state index is 11.6. The van der Waals surface area contributed by atoms with Crippen LogP contribution in [0.15, 0.2) is 35.3 Å². The molecule has 0 aliphatic rings. The molecule has 0 spiro atoms. The molecule has 2 rings (SSSR count). The Bertz CT molecular complexity index is 711. The number of ether oxygens (including phenoxy) is 1. The van der Waals surface area contributed by atoms with Crippen LogP contribution in [0.2, 0.25) is 0 Å². The molecule has 0 radical (unpaired) electrons. The predicted octanol–water partition coefficient (Wildman–Crippen LogP) is 2.59. The second-order valence-corrected chi connectivity index (χ2v) is 4.96. The quantitative estimate of drug-likeness (QED) is 0.680. The molecule has 0 amide bonds. The van der Waals surface area contributed by atoms with Crippen molar-refractivity contribution in [2.75, 3.05) is 7.11 Å². The Hall–Kier alpha value is -2.53. The number of aliphatic hydroxyl groups is 1. The summed E-state index contributed by atoms with van der Waals surface area (Å²) < 4.78 is 4.69. The Labute approximate surface area is 129 Å². The summed E-state index contributed by atoms with van der Waals surface area (Å²) in [6.45, 7) is 5.34. The molecule has 114 valence electrons. The summed E-state index contributed by atoms with van der Waals surface area (Å²) in [4.78, 5) is 19.9. The highest BCUT2D eigenvalue weighted by molar-refractivity contribution is 5.87. The molecule has 0 unspecified atom stereocenters. The van der Waals surface area contributed by atoms with Gasteiger partial charge >= 0.3 is 5.97 Å². The second kappa shape index (κ2) is 6.95. The normalized spacial score (nSPS) is 10.3. The molecular formula is C17H18N2O3. The summed E-state index contributed by atoms with van der Waals surface area (Å²) in [7, 11) is 1.31. The number of methoxy groups -OCH3 is 1. The first-order valence-corrected chi connectivity index (χ1v) is 6.82. The van der Waals surface area contributed by atoms with Gasteiger partial charge in [0.25, 0.3) is 0 Å². The van der Waals surface area contributed by atoms with Gasteiger partial charge in [-0.1, -0.05) is 12.1 Å². The van der Waals surface area contributed by atoms with E-state index in [1.54, 1.807) is 6.07 Å². The highest BCUT2D eigenvalue weighted by Gasteiger charge is 2.11. The van der Waals surface area contributed by atoms with E-state index in [2.05, 4.69) is 21.4 Å². The Morgan fingerprint density at radius 3 is 2.68 bits per heavy atom. The topological polar surface area (TPSA) is 71.8 Å². The third-order valence-corrected chi connectivity index (χ3v) is 3.33. The summed E-state index contributed by atoms with van der Waals surface area (Å²) in [5.74, 6) is -0.515. The smallest absolute Gasteiger partial charge is 0.356 e. The highest BCUT2D eigenvalue weighted by atomic mass is 16.5. The fourth-order valence-corrected chi connectivity index (χ4v) is 2.26. The number of esters is 1. The maximum Gasteiger partial charge on any atom is 0.356 e. The number of pyridine rings is 1. The lowest BCUT2D eigenvalue weighted by Gasteiger charge is -2.08. The SMILES string of the molecule is C=Nc1ccc(Cc2cc(CO)cc(C(=O)OC)n2)cc1C. The van der Waals surface area contributed by atoms with Gasteiger partial charge < -0.3 is 9.84 Å². The number of carbonyl (C=O) groups is 1. The molecule has 22 heavy (non-hydrogen) atoms. The van der Waals surface area contributed by atoms with E-state index in [0.717, 1.165) is 16.8 Å². The number of rotatable bonds is 5. The predicted molar refractivity (Wildman–Crippen MR) is 84.7 cm³/mol. The van der Waals surface area contributed by atoms with Crippen LogP contribution in [-0.2, 0) is 17.8 Å². The molecule has 1 aromatic carbocycles. The van der Waals surface area contributed by atoms with Crippen molar-refractivity contribution in [3.63, 3.8) is 0 Å². The summed E-state index contributed by atoms with van der Waals surface area (Å²) in [5.41, 5.74) is 4.45. The van der Waals surface area contributed by atoms with Crippen LogP contribution in [0.3, 0.4) is 0 Å². The van der Waals surface area contributed by atoms with E-state index in [9.17, 15) is 9.90 Å². The number of aliphatic imine (C=N–C) groups is 1. The molecule has 5 heteroatoms. The number of carbonyl (C=O) groups excluding carboxylic acids is 1. The van der Waals surface area contributed by atoms with Gasteiger partial charge in [-0.2, -0.15) is 0 Å². The zero-order chi connectivity index (χ0) is 16.1. The van der Waals surface area contributed by atoms with Gasteiger partial charge in [0, 0.05) is 12.1 Å². The maximum atomic E-state index is 11.6. The van der Waals surface area contributed by atoms with Crippen LogP contribution in [0.1, 0.15) is 32.9 Å². The Morgan fingerprint density at radius 2 is 2.09 bits per heavy atom. The molecule has 0 saturated heterocycles. The van der Waals surface area contributed by atoms with Gasteiger partial charge in [0.05, 0.1) is 19.4 Å². The van der Waals surface area contributed by atoms with Crippen LogP contribution >= 0.6 is 0 Å². The number of aryl methyl sites for hydroxylation is 1. The Morgan fingerprint density at radius 1 is 1.32 bits per heavy atom. The number of hydrogen-bond donors (Lipinski definition) is 1. The molecule has 0 bridgehead atoms. The molecule has 1 N–H and O–H groups in total. The molecule has 0 saturated carbocycles. The van der Waals surface area contributed by atoms with Crippen molar-refractivity contribution in [1.82, 2.24) is 4.98 Å². The van der Waals surface area contributed by atoms with Crippen molar-refractivity contribution < 1.29 is 14.6 Å². The standard InChI is InChI=1S/C17H18N2O3/c1-11-6-12(4-5-15(11)18-2)7-14-8-13(10-20)9-16(19-14)17(21)22-3/h4-6,8-9,20H,2,7,10H2,1,3H3. The van der Waals surface area contributed by atoms with E-state index < -0.39 is 5.97 Å². The van der Waals surface area contributed by atoms with Crippen LogP contribution in [-0.4, -0.2) is 29.9 Å². The zero-order valence-electron chi connectivity index (χ0n) is 12.7. The molecule has 0 fully saturated rings. The first kappa shape index (κ1) is 15.9. The average molecular weight is 298 g/mol. The minimum Gasteiger partial charge on any atom is -0.464 e. The van der Waals surface area contributed by atoms with Gasteiger partial charge in [0.2, 0.25) is 0 Å². The van der Waals surface area contributed by atoms with Gasteiger partial charge in [0.15, 0.2) is 0 Å². The number of aliphatic hydroxyl groups excluding tert-OH is 1. The highest BCUT2D eigenvalue weighted by Crippen LogP contribution is 2.21. The lowest BCUT2D eigenvalue weighted by atomic mass is 10.0. The minimum absolute atomic E-state index is 0.155. The van der Waals surface area contributed by atoms with E-state index in [1.807, 2.05) is 25.1 Å². The van der Waals surface area contributed by atoms with Crippen molar-refractivity contribution in [2.45, 2.75) is 20.0 Å². The number of aromatic nitrogens is 1. The van der Waals surface area contributed by atoms with Crippen LogP contribution in [0.25, 0.3) is 0 Å². The van der Waals surface area contributed by atoms with Crippen molar-refractivity contribution in [2.24, 2.45) is 4.99 Å². The molecule has 1 aromatic heterocycles. The van der Waals surface area contributed by atoms with Crippen LogP contribution in [0, 0.1) is 6.92 Å². The van der Waals surface area contributed by atoms with Crippen molar-refractivity contribution in [1.29, 1.82) is 0 Å². The number of hydrogen-bond acceptors (Lipinski definition) is 5. The number of nitrogens with zero attached hydrogens (tertiary/aromatic N) is 2. The third kappa shape index (κ3) is 3.56. The summed E-state index contributed by atoms with van der Waals surface area (Å²) in [6.07, 6.45) is 0.552. The zero-order valence-corrected chi connectivity index (χ0v) is 12.7. The van der Waals surface area contributed by atoms with E-state index in [4.69, 9.17) is 0 Å². The molecule has 1 heterocycles. The lowest BCUT2D eigenvalue weighted by molar-refractivity contribution is 0.0593. The van der Waals surface area contributed by atoms with Gasteiger partial charge in [-0.05, 0) is 48.5 Å². The van der Waals surface area contributed by atoms with Crippen LogP contribution < -0.4 is 0 Å². The van der Waals surface area contributed by atoms with Gasteiger partial charge in [-0.15, -0.1) is 0 Å². The average Bonchev–Trinajstić information content (AvgIpc) is 2.53. The van der Waals surface area contributed by atoms with Gasteiger partial charge in [0.1, 0.15) is 5.69 Å². The molecule has 0 aliphatic carbocycles. The van der Waals surface area contributed by atoms with Crippen LogP contribution in [0.5, 0.6) is 0 Å². The van der Waals surface area contributed by atoms with E-state index in [0.29, 0.717) is 17.7 Å². The fraction of sp³-hybridized carbons (Fsp3) is 0.235. The van der Waals surface area contributed by atoms with E-state index >= 15 is 0 Å². The first-order valence-electron chi connectivity index (χ1n) is 6.82. The lowest BCUT2D eigenvalue weighted by Crippen LogP contribution is -2.08. The Balaban J connectivity index is 2.34. The third-order valence-electron chi connectivity index (χ3n) is 3.33. The van der Waals surface area contributed by atoms with Crippen molar-refractivity contribution in [3.8, 4) is 0 Å². The van der Waals surface area contributed by atoms with Gasteiger partial charge in [-0.25, -0.2) is 9.78 Å². The monoisotopic (exact) mass is 298 g/mol. The molecular weight excluding hydrogens is 280 g/mol. The first-order chi connectivity index (χ1) is 10.6. The van der Waals surface area contributed by atoms with E-state index in [-0.39, 0.29) is 12.3 Å². The largest absolute Gasteiger partial charge is 0.464 e. The van der Waals surface area contributed by atoms with E-state index in [1.165, 1.54) is 13.2 Å². The Kier molecular flexibility index (Phi) is 5.01. The molecule has 0 aliphatic heterocycles. The molecule has 5 nitrogen and oxygen atoms in total. The molecule has 0 atom stereocenters. The summed E-state index contributed by atoms with van der Waals surface area (Å²) in [6, 6.07) is 9.17. The summed E-state index contributed by atoms with van der Waals surface area (Å²) >= 11 is 0. The number of benzene rings is 1. The van der Waals surface area contributed by atoms with Crippen LogP contribution in [0.4, 0.5) is 5.69 Å². The second-order valence-electron chi connectivity index (χ2n) is 4.96. The molecule has 2 aromatic rings.